The van der Waals surface area contributed by atoms with E-state index in [4.69, 9.17) is 24.6 Å². The maximum absolute atomic E-state index is 5.75. The van der Waals surface area contributed by atoms with E-state index in [2.05, 4.69) is 53.5 Å². The SMILES string of the molecule is CCc1ccc(NC2=Nc3ccccc3N3C2=Nc2c(c(C)nn2-c2ccccc2)[C@@H]3c2ccc(OC)c(OC)c2)cc1. The van der Waals surface area contributed by atoms with Crippen LogP contribution in [0.2, 0.25) is 0 Å². The Morgan fingerprint density at radius 1 is 0.814 bits per heavy atom. The van der Waals surface area contributed by atoms with Crippen molar-refractivity contribution in [3.63, 3.8) is 0 Å². The van der Waals surface area contributed by atoms with E-state index in [0.29, 0.717) is 23.2 Å². The largest absolute Gasteiger partial charge is 0.493 e. The first-order valence-electron chi connectivity index (χ1n) is 14.4. The highest BCUT2D eigenvalue weighted by Gasteiger charge is 2.41. The number of fused-ring (bicyclic) bond motifs is 4. The molecule has 0 spiro atoms. The summed E-state index contributed by atoms with van der Waals surface area (Å²) < 4.78 is 13.3. The second-order valence-corrected chi connectivity index (χ2v) is 10.5. The highest BCUT2D eigenvalue weighted by atomic mass is 16.5. The Labute approximate surface area is 251 Å². The van der Waals surface area contributed by atoms with E-state index in [1.165, 1.54) is 5.56 Å². The molecule has 1 N–H and O–H groups in total. The normalized spacial score (nSPS) is 15.1. The van der Waals surface area contributed by atoms with Gasteiger partial charge in [0.15, 0.2) is 29.0 Å². The van der Waals surface area contributed by atoms with Gasteiger partial charge in [-0.25, -0.2) is 14.7 Å². The fourth-order valence-corrected chi connectivity index (χ4v) is 5.85. The molecule has 7 rings (SSSR count). The van der Waals surface area contributed by atoms with Crippen LogP contribution in [0.25, 0.3) is 5.69 Å². The number of aromatic nitrogens is 2. The molecule has 2 aliphatic rings. The lowest BCUT2D eigenvalue weighted by Crippen LogP contribution is -2.46. The number of aliphatic imine (C=N–C) groups is 2. The number of para-hydroxylation sites is 3. The van der Waals surface area contributed by atoms with Crippen LogP contribution in [-0.2, 0) is 6.42 Å². The molecule has 2 aliphatic heterocycles. The molecule has 4 aromatic carbocycles. The third-order valence-electron chi connectivity index (χ3n) is 7.99. The van der Waals surface area contributed by atoms with Gasteiger partial charge in [0.05, 0.1) is 43.0 Å². The van der Waals surface area contributed by atoms with Crippen molar-refractivity contribution in [1.29, 1.82) is 0 Å². The van der Waals surface area contributed by atoms with Gasteiger partial charge < -0.3 is 19.7 Å². The molecule has 0 saturated carbocycles. The summed E-state index contributed by atoms with van der Waals surface area (Å²) in [5.41, 5.74) is 7.91. The molecular weight excluding hydrogens is 536 g/mol. The van der Waals surface area contributed by atoms with Crippen LogP contribution in [0.1, 0.15) is 35.3 Å². The van der Waals surface area contributed by atoms with Gasteiger partial charge >= 0.3 is 0 Å². The summed E-state index contributed by atoms with van der Waals surface area (Å²) >= 11 is 0. The van der Waals surface area contributed by atoms with Gasteiger partial charge in [0.1, 0.15) is 0 Å². The second kappa shape index (κ2) is 10.8. The third-order valence-corrected chi connectivity index (χ3v) is 7.99. The summed E-state index contributed by atoms with van der Waals surface area (Å²) in [5, 5.41) is 8.61. The number of aryl methyl sites for hydroxylation is 2. The Hall–Kier alpha value is -5.37. The topological polar surface area (TPSA) is 76.3 Å². The standard InChI is InChI=1S/C35H32N6O2/c1-5-23-15-18-25(19-16-23)36-33-35-38-34-31(22(2)39-41(34)26-11-7-6-8-12-26)32(24-17-20-29(42-3)30(21-24)43-4)40(35)28-14-10-9-13-27(28)37-33/h6-21,32H,5H2,1-4H3,(H,36,37)/t32-/m0/s1. The van der Waals surface area contributed by atoms with Crippen molar-refractivity contribution >= 4 is 34.6 Å². The minimum Gasteiger partial charge on any atom is -0.493 e. The van der Waals surface area contributed by atoms with Crippen LogP contribution in [0.4, 0.5) is 22.9 Å². The summed E-state index contributed by atoms with van der Waals surface area (Å²) in [6.07, 6.45) is 0.980. The minimum absolute atomic E-state index is 0.268. The predicted molar refractivity (Wildman–Crippen MR) is 172 cm³/mol. The highest BCUT2D eigenvalue weighted by Crippen LogP contribution is 2.49. The number of anilines is 2. The quantitative estimate of drug-likeness (QED) is 0.229. The lowest BCUT2D eigenvalue weighted by molar-refractivity contribution is 0.354. The fourth-order valence-electron chi connectivity index (χ4n) is 5.85. The molecule has 0 bridgehead atoms. The predicted octanol–water partition coefficient (Wildman–Crippen LogP) is 7.56. The van der Waals surface area contributed by atoms with Gasteiger partial charge in [-0.2, -0.15) is 5.10 Å². The summed E-state index contributed by atoms with van der Waals surface area (Å²) in [5.74, 6) is 3.48. The molecule has 3 heterocycles. The molecule has 1 aromatic heterocycles. The molecule has 0 amide bonds. The van der Waals surface area contributed by atoms with Gasteiger partial charge in [-0.15, -0.1) is 0 Å². The number of hydrogen-bond donors (Lipinski definition) is 1. The number of nitrogens with zero attached hydrogens (tertiary/aromatic N) is 5. The van der Waals surface area contributed by atoms with Crippen LogP contribution in [0.3, 0.4) is 0 Å². The summed E-state index contributed by atoms with van der Waals surface area (Å²) in [7, 11) is 3.31. The molecule has 0 saturated heterocycles. The van der Waals surface area contributed by atoms with E-state index < -0.39 is 0 Å². The second-order valence-electron chi connectivity index (χ2n) is 10.5. The number of ether oxygens (including phenoxy) is 2. The van der Waals surface area contributed by atoms with Gasteiger partial charge in [0.25, 0.3) is 0 Å². The van der Waals surface area contributed by atoms with Crippen molar-refractivity contribution in [2.45, 2.75) is 26.3 Å². The van der Waals surface area contributed by atoms with Crippen molar-refractivity contribution in [2.24, 2.45) is 9.98 Å². The zero-order valence-electron chi connectivity index (χ0n) is 24.6. The molecule has 8 nitrogen and oxygen atoms in total. The number of nitrogens with one attached hydrogen (secondary N) is 1. The lowest BCUT2D eigenvalue weighted by atomic mass is 9.93. The summed E-state index contributed by atoms with van der Waals surface area (Å²) in [6, 6.07) is 32.6. The Balaban J connectivity index is 1.48. The molecule has 0 fully saturated rings. The van der Waals surface area contributed by atoms with E-state index >= 15 is 0 Å². The molecule has 8 heteroatoms. The van der Waals surface area contributed by atoms with Gasteiger partial charge in [0.2, 0.25) is 0 Å². The first kappa shape index (κ1) is 26.5. The Morgan fingerprint density at radius 2 is 1.56 bits per heavy atom. The zero-order chi connectivity index (χ0) is 29.5. The molecular formula is C35H32N6O2. The van der Waals surface area contributed by atoms with Crippen molar-refractivity contribution in [3.05, 3.63) is 119 Å². The van der Waals surface area contributed by atoms with Gasteiger partial charge in [0, 0.05) is 11.3 Å². The molecule has 43 heavy (non-hydrogen) atoms. The Kier molecular flexibility index (Phi) is 6.66. The summed E-state index contributed by atoms with van der Waals surface area (Å²) in [6.45, 7) is 4.20. The molecule has 0 unspecified atom stereocenters. The molecule has 0 aliphatic carbocycles. The summed E-state index contributed by atoms with van der Waals surface area (Å²) in [4.78, 5) is 12.7. The van der Waals surface area contributed by atoms with Crippen LogP contribution in [0, 0.1) is 6.92 Å². The number of benzene rings is 4. The van der Waals surface area contributed by atoms with Crippen molar-refractivity contribution in [1.82, 2.24) is 9.78 Å². The van der Waals surface area contributed by atoms with E-state index in [-0.39, 0.29) is 6.04 Å². The average Bonchev–Trinajstić information content (AvgIpc) is 3.40. The first-order valence-corrected chi connectivity index (χ1v) is 14.4. The zero-order valence-corrected chi connectivity index (χ0v) is 24.6. The number of hydrogen-bond acceptors (Lipinski definition) is 7. The van der Waals surface area contributed by atoms with Crippen molar-refractivity contribution in [3.8, 4) is 17.2 Å². The Morgan fingerprint density at radius 3 is 2.30 bits per heavy atom. The van der Waals surface area contributed by atoms with Crippen LogP contribution < -0.4 is 19.7 Å². The minimum atomic E-state index is -0.268. The van der Waals surface area contributed by atoms with E-state index in [0.717, 1.165) is 51.8 Å². The van der Waals surface area contributed by atoms with Gasteiger partial charge in [-0.05, 0) is 73.0 Å². The van der Waals surface area contributed by atoms with Gasteiger partial charge in [-0.1, -0.05) is 55.5 Å². The molecule has 5 aromatic rings. The van der Waals surface area contributed by atoms with Gasteiger partial charge in [-0.3, -0.25) is 0 Å². The van der Waals surface area contributed by atoms with Crippen LogP contribution >= 0.6 is 0 Å². The van der Waals surface area contributed by atoms with E-state index in [1.807, 2.05) is 72.3 Å². The Bertz CT molecular complexity index is 1870. The molecule has 0 radical (unpaired) electrons. The van der Waals surface area contributed by atoms with E-state index in [9.17, 15) is 0 Å². The number of methoxy groups -OCH3 is 2. The van der Waals surface area contributed by atoms with Crippen molar-refractivity contribution in [2.75, 3.05) is 24.4 Å². The van der Waals surface area contributed by atoms with Crippen molar-refractivity contribution < 1.29 is 9.47 Å². The molecule has 214 valence electrons. The van der Waals surface area contributed by atoms with Crippen LogP contribution in [0.5, 0.6) is 11.5 Å². The van der Waals surface area contributed by atoms with E-state index in [1.54, 1.807) is 14.2 Å². The smallest absolute Gasteiger partial charge is 0.179 e. The maximum Gasteiger partial charge on any atom is 0.179 e. The monoisotopic (exact) mass is 568 g/mol. The highest BCUT2D eigenvalue weighted by molar-refractivity contribution is 6.51. The number of rotatable bonds is 6. The van der Waals surface area contributed by atoms with Crippen LogP contribution in [0.15, 0.2) is 107 Å². The fraction of sp³-hybridized carbons (Fsp3) is 0.171. The first-order chi connectivity index (χ1) is 21.1. The van der Waals surface area contributed by atoms with Crippen LogP contribution in [-0.4, -0.2) is 35.7 Å². The third kappa shape index (κ3) is 4.52. The average molecular weight is 569 g/mol. The maximum atomic E-state index is 5.75. The number of amidine groups is 2. The molecule has 1 atom stereocenters. The lowest BCUT2D eigenvalue weighted by Gasteiger charge is -2.40.